The molecule has 0 aromatic heterocycles. The Morgan fingerprint density at radius 2 is 1.82 bits per heavy atom. The number of carbonyl (C=O) groups is 3. The average molecular weight is 469 g/mol. The Kier molecular flexibility index (Phi) is 6.10. The number of halogens is 3. The second kappa shape index (κ2) is 8.53. The van der Waals surface area contributed by atoms with E-state index < -0.39 is 41.0 Å². The van der Waals surface area contributed by atoms with Gasteiger partial charge in [-0.3, -0.25) is 19.7 Å². The minimum atomic E-state index is -0.912. The topological polar surface area (TPSA) is 84.5 Å². The minimum absolute atomic E-state index is 0.213. The Morgan fingerprint density at radius 3 is 2.39 bits per heavy atom. The largest absolute Gasteiger partial charge is 0.484 e. The molecular formula is C18H11BrF2N2O4S. The van der Waals surface area contributed by atoms with Crippen molar-refractivity contribution in [3.05, 3.63) is 63.0 Å². The van der Waals surface area contributed by atoms with Gasteiger partial charge in [-0.1, -0.05) is 28.1 Å². The molecule has 2 aromatic carbocycles. The van der Waals surface area contributed by atoms with E-state index >= 15 is 0 Å². The molecule has 1 aliphatic rings. The molecule has 1 fully saturated rings. The normalized spacial score (nSPS) is 14.9. The first-order valence-electron chi connectivity index (χ1n) is 7.74. The summed E-state index contributed by atoms with van der Waals surface area (Å²) in [5, 5.41) is 3.85. The van der Waals surface area contributed by atoms with Gasteiger partial charge in [0.25, 0.3) is 17.1 Å². The molecule has 0 atom stereocenters. The second-order valence-corrected chi connectivity index (χ2v) is 7.43. The predicted octanol–water partition coefficient (Wildman–Crippen LogP) is 4.07. The van der Waals surface area contributed by atoms with Crippen molar-refractivity contribution in [1.82, 2.24) is 5.32 Å². The van der Waals surface area contributed by atoms with Gasteiger partial charge in [-0.05, 0) is 47.7 Å². The molecule has 6 nitrogen and oxygen atoms in total. The van der Waals surface area contributed by atoms with E-state index in [9.17, 15) is 23.2 Å². The molecule has 1 saturated heterocycles. The fourth-order valence-corrected chi connectivity index (χ4v) is 3.30. The van der Waals surface area contributed by atoms with Crippen LogP contribution in [0.5, 0.6) is 5.75 Å². The van der Waals surface area contributed by atoms with E-state index in [1.54, 1.807) is 30.3 Å². The number of hydrogen-bond acceptors (Lipinski definition) is 5. The van der Waals surface area contributed by atoms with Crippen LogP contribution in [0.25, 0.3) is 6.08 Å². The number of amides is 3. The Morgan fingerprint density at radius 1 is 1.18 bits per heavy atom. The van der Waals surface area contributed by atoms with Gasteiger partial charge in [0.1, 0.15) is 11.4 Å². The first-order valence-corrected chi connectivity index (χ1v) is 9.35. The van der Waals surface area contributed by atoms with Gasteiger partial charge in [0.2, 0.25) is 0 Å². The lowest BCUT2D eigenvalue weighted by Gasteiger charge is -2.09. The summed E-state index contributed by atoms with van der Waals surface area (Å²) < 4.78 is 32.9. The van der Waals surface area contributed by atoms with Gasteiger partial charge in [0, 0.05) is 4.47 Å². The van der Waals surface area contributed by atoms with E-state index in [4.69, 9.17) is 4.74 Å². The molecule has 0 spiro atoms. The van der Waals surface area contributed by atoms with Crippen LogP contribution in [0.3, 0.4) is 0 Å². The number of ether oxygens (including phenoxy) is 1. The zero-order chi connectivity index (χ0) is 20.3. The lowest BCUT2D eigenvalue weighted by molar-refractivity contribution is -0.118. The van der Waals surface area contributed by atoms with Crippen LogP contribution in [0.2, 0.25) is 0 Å². The highest BCUT2D eigenvalue weighted by molar-refractivity contribution is 9.10. The number of benzene rings is 2. The lowest BCUT2D eigenvalue weighted by Crippen LogP contribution is -2.21. The molecule has 2 aromatic rings. The molecule has 10 heteroatoms. The zero-order valence-corrected chi connectivity index (χ0v) is 16.3. The molecule has 0 aliphatic carbocycles. The van der Waals surface area contributed by atoms with E-state index in [2.05, 4.69) is 26.6 Å². The van der Waals surface area contributed by atoms with Crippen molar-refractivity contribution >= 4 is 56.5 Å². The molecule has 144 valence electrons. The van der Waals surface area contributed by atoms with Gasteiger partial charge in [0.15, 0.2) is 18.2 Å². The van der Waals surface area contributed by atoms with Gasteiger partial charge in [-0.25, -0.2) is 8.78 Å². The second-order valence-electron chi connectivity index (χ2n) is 5.50. The highest BCUT2D eigenvalue weighted by atomic mass is 79.9. The standard InChI is InChI=1S/C18H11BrF2N2O4S/c19-10-6-12(20)16(13(21)7-10)22-15(24)8-27-11-3-1-9(2-4-11)5-14-17(25)23-18(26)28-14/h1-7H,8H2,(H,22,24)(H,23,25,26)/b14-5-. The van der Waals surface area contributed by atoms with Crippen molar-refractivity contribution < 1.29 is 27.9 Å². The number of anilines is 1. The van der Waals surface area contributed by atoms with Crippen LogP contribution in [0.4, 0.5) is 19.3 Å². The lowest BCUT2D eigenvalue weighted by atomic mass is 10.2. The first kappa shape index (κ1) is 20.0. The Balaban J connectivity index is 1.58. The van der Waals surface area contributed by atoms with Crippen molar-refractivity contribution in [2.75, 3.05) is 11.9 Å². The van der Waals surface area contributed by atoms with Crippen molar-refractivity contribution in [2.24, 2.45) is 0 Å². The maximum atomic E-state index is 13.7. The van der Waals surface area contributed by atoms with E-state index in [0.717, 1.165) is 23.9 Å². The van der Waals surface area contributed by atoms with Crippen LogP contribution < -0.4 is 15.4 Å². The van der Waals surface area contributed by atoms with Gasteiger partial charge in [0.05, 0.1) is 4.91 Å². The monoisotopic (exact) mass is 468 g/mol. The van der Waals surface area contributed by atoms with Crippen LogP contribution in [-0.4, -0.2) is 23.7 Å². The van der Waals surface area contributed by atoms with Crippen LogP contribution in [0, 0.1) is 11.6 Å². The Hall–Kier alpha value is -2.72. The molecule has 28 heavy (non-hydrogen) atoms. The molecule has 0 unspecified atom stereocenters. The third-order valence-corrected chi connectivity index (χ3v) is 4.73. The van der Waals surface area contributed by atoms with Gasteiger partial charge >= 0.3 is 0 Å². The van der Waals surface area contributed by atoms with E-state index in [0.29, 0.717) is 11.3 Å². The highest BCUT2D eigenvalue weighted by Crippen LogP contribution is 2.26. The fraction of sp³-hybridized carbons (Fsp3) is 0.0556. The van der Waals surface area contributed by atoms with Crippen LogP contribution in [-0.2, 0) is 9.59 Å². The van der Waals surface area contributed by atoms with E-state index in [1.807, 2.05) is 0 Å². The van der Waals surface area contributed by atoms with Crippen molar-refractivity contribution in [1.29, 1.82) is 0 Å². The summed E-state index contributed by atoms with van der Waals surface area (Å²) in [6.07, 6.45) is 1.54. The van der Waals surface area contributed by atoms with Crippen molar-refractivity contribution in [3.8, 4) is 5.75 Å². The fourth-order valence-electron chi connectivity index (χ4n) is 2.22. The number of imide groups is 1. The summed E-state index contributed by atoms with van der Waals surface area (Å²) >= 11 is 3.76. The summed E-state index contributed by atoms with van der Waals surface area (Å²) in [5.74, 6) is -2.67. The number of carbonyl (C=O) groups excluding carboxylic acids is 3. The van der Waals surface area contributed by atoms with Crippen molar-refractivity contribution in [3.63, 3.8) is 0 Å². The molecule has 0 radical (unpaired) electrons. The molecule has 1 aliphatic heterocycles. The number of thioether (sulfide) groups is 1. The quantitative estimate of drug-likeness (QED) is 0.646. The molecule has 3 rings (SSSR count). The van der Waals surface area contributed by atoms with Crippen LogP contribution in [0.15, 0.2) is 45.8 Å². The third-order valence-electron chi connectivity index (χ3n) is 3.46. The Bertz CT molecular complexity index is 973. The highest BCUT2D eigenvalue weighted by Gasteiger charge is 2.24. The predicted molar refractivity (Wildman–Crippen MR) is 104 cm³/mol. The number of rotatable bonds is 5. The maximum absolute atomic E-state index is 13.7. The Labute approximate surface area is 170 Å². The van der Waals surface area contributed by atoms with Gasteiger partial charge < -0.3 is 10.1 Å². The maximum Gasteiger partial charge on any atom is 0.290 e. The smallest absolute Gasteiger partial charge is 0.290 e. The van der Waals surface area contributed by atoms with Gasteiger partial charge in [-0.2, -0.15) is 0 Å². The summed E-state index contributed by atoms with van der Waals surface area (Å²) in [7, 11) is 0. The average Bonchev–Trinajstić information content (AvgIpc) is 2.94. The van der Waals surface area contributed by atoms with E-state index in [-0.39, 0.29) is 9.38 Å². The molecule has 3 amide bonds. The van der Waals surface area contributed by atoms with E-state index in [1.165, 1.54) is 0 Å². The molecule has 0 bridgehead atoms. The molecule has 1 heterocycles. The zero-order valence-electron chi connectivity index (χ0n) is 13.9. The summed E-state index contributed by atoms with van der Waals surface area (Å²) in [5.41, 5.74) is 0.101. The number of nitrogens with one attached hydrogen (secondary N) is 2. The minimum Gasteiger partial charge on any atom is -0.484 e. The molecular weight excluding hydrogens is 458 g/mol. The van der Waals surface area contributed by atoms with Crippen LogP contribution in [0.1, 0.15) is 5.56 Å². The summed E-state index contributed by atoms with van der Waals surface area (Å²) in [6.45, 7) is -0.456. The summed E-state index contributed by atoms with van der Waals surface area (Å²) in [6, 6.07) is 8.43. The van der Waals surface area contributed by atoms with Crippen molar-refractivity contribution in [2.45, 2.75) is 0 Å². The molecule has 0 saturated carbocycles. The van der Waals surface area contributed by atoms with Gasteiger partial charge in [-0.15, -0.1) is 0 Å². The third kappa shape index (κ3) is 4.96. The SMILES string of the molecule is O=C(COc1ccc(/C=C2\SC(=O)NC2=O)cc1)Nc1c(F)cc(Br)cc1F. The van der Waals surface area contributed by atoms with Crippen LogP contribution >= 0.6 is 27.7 Å². The molecule has 2 N–H and O–H groups in total. The summed E-state index contributed by atoms with van der Waals surface area (Å²) in [4.78, 5) is 34.8. The first-order chi connectivity index (χ1) is 13.3. The number of hydrogen-bond donors (Lipinski definition) is 2.